The summed E-state index contributed by atoms with van der Waals surface area (Å²) in [5.74, 6) is 2.20. The molecule has 2 nitrogen and oxygen atoms in total. The Balaban J connectivity index is 2.48. The standard InChI is InChI=1S/C13H20BrNO/c1-9(2)7-10(3)8-16-12-5-6-13(14)15-11(12)4/h5-6,9-10H,7-8H2,1-4H3. The molecule has 0 aliphatic rings. The van der Waals surface area contributed by atoms with Crippen LogP contribution in [0, 0.1) is 18.8 Å². The lowest BCUT2D eigenvalue weighted by Crippen LogP contribution is -2.11. The Kier molecular flexibility index (Phi) is 5.26. The predicted molar refractivity (Wildman–Crippen MR) is 70.8 cm³/mol. The van der Waals surface area contributed by atoms with E-state index < -0.39 is 0 Å². The SMILES string of the molecule is Cc1nc(Br)ccc1OCC(C)CC(C)C. The zero-order valence-corrected chi connectivity index (χ0v) is 12.0. The van der Waals surface area contributed by atoms with Gasteiger partial charge in [0, 0.05) is 0 Å². The first-order valence-corrected chi connectivity index (χ1v) is 6.54. The summed E-state index contributed by atoms with van der Waals surface area (Å²) < 4.78 is 6.63. The third-order valence-electron chi connectivity index (χ3n) is 2.40. The average Bonchev–Trinajstić information content (AvgIpc) is 2.15. The second-order valence-electron chi connectivity index (χ2n) is 4.76. The lowest BCUT2D eigenvalue weighted by molar-refractivity contribution is 0.237. The van der Waals surface area contributed by atoms with Crippen LogP contribution < -0.4 is 4.74 Å². The number of aryl methyl sites for hydroxylation is 1. The normalized spacial score (nSPS) is 12.9. The maximum atomic E-state index is 5.77. The van der Waals surface area contributed by atoms with Crippen LogP contribution in [0.4, 0.5) is 0 Å². The van der Waals surface area contributed by atoms with E-state index in [0.717, 1.165) is 28.6 Å². The van der Waals surface area contributed by atoms with Crippen molar-refractivity contribution in [1.82, 2.24) is 4.98 Å². The van der Waals surface area contributed by atoms with Crippen molar-refractivity contribution in [2.75, 3.05) is 6.61 Å². The molecule has 0 saturated heterocycles. The van der Waals surface area contributed by atoms with Gasteiger partial charge in [0.05, 0.1) is 12.3 Å². The molecule has 1 atom stereocenters. The molecule has 0 N–H and O–H groups in total. The van der Waals surface area contributed by atoms with Gasteiger partial charge >= 0.3 is 0 Å². The van der Waals surface area contributed by atoms with Gasteiger partial charge in [-0.3, -0.25) is 0 Å². The molecule has 0 amide bonds. The summed E-state index contributed by atoms with van der Waals surface area (Å²) in [6.07, 6.45) is 1.20. The lowest BCUT2D eigenvalue weighted by atomic mass is 10.00. The molecule has 0 aliphatic heterocycles. The largest absolute Gasteiger partial charge is 0.491 e. The fourth-order valence-corrected chi connectivity index (χ4v) is 2.17. The van der Waals surface area contributed by atoms with E-state index >= 15 is 0 Å². The van der Waals surface area contributed by atoms with Gasteiger partial charge in [-0.05, 0) is 53.2 Å². The molecule has 16 heavy (non-hydrogen) atoms. The van der Waals surface area contributed by atoms with Crippen LogP contribution in [0.25, 0.3) is 0 Å². The Labute approximate surface area is 107 Å². The molecular formula is C13H20BrNO. The van der Waals surface area contributed by atoms with Gasteiger partial charge < -0.3 is 4.74 Å². The van der Waals surface area contributed by atoms with E-state index in [0.29, 0.717) is 5.92 Å². The minimum absolute atomic E-state index is 0.586. The number of pyridine rings is 1. The average molecular weight is 286 g/mol. The maximum absolute atomic E-state index is 5.77. The Morgan fingerprint density at radius 2 is 2.00 bits per heavy atom. The van der Waals surface area contributed by atoms with E-state index in [2.05, 4.69) is 41.7 Å². The molecule has 0 saturated carbocycles. The second-order valence-corrected chi connectivity index (χ2v) is 5.58. The molecule has 1 aromatic rings. The first-order valence-electron chi connectivity index (χ1n) is 5.75. The van der Waals surface area contributed by atoms with Gasteiger partial charge in [0.15, 0.2) is 0 Å². The highest BCUT2D eigenvalue weighted by molar-refractivity contribution is 9.10. The molecule has 0 spiro atoms. The van der Waals surface area contributed by atoms with Crippen molar-refractivity contribution in [2.24, 2.45) is 11.8 Å². The Bertz CT molecular complexity index is 339. The van der Waals surface area contributed by atoms with E-state index in [9.17, 15) is 0 Å². The van der Waals surface area contributed by atoms with Gasteiger partial charge in [-0.15, -0.1) is 0 Å². The second kappa shape index (κ2) is 6.24. The highest BCUT2D eigenvalue weighted by Gasteiger charge is 2.07. The minimum Gasteiger partial charge on any atom is -0.491 e. The zero-order valence-electron chi connectivity index (χ0n) is 10.5. The minimum atomic E-state index is 0.586. The third kappa shape index (κ3) is 4.52. The van der Waals surface area contributed by atoms with Crippen molar-refractivity contribution in [1.29, 1.82) is 0 Å². The highest BCUT2D eigenvalue weighted by Crippen LogP contribution is 2.20. The van der Waals surface area contributed by atoms with Crippen LogP contribution in [-0.4, -0.2) is 11.6 Å². The van der Waals surface area contributed by atoms with Crippen molar-refractivity contribution >= 4 is 15.9 Å². The van der Waals surface area contributed by atoms with Crippen molar-refractivity contribution in [3.8, 4) is 5.75 Å². The molecule has 0 radical (unpaired) electrons. The number of aromatic nitrogens is 1. The van der Waals surface area contributed by atoms with Crippen molar-refractivity contribution in [2.45, 2.75) is 34.1 Å². The van der Waals surface area contributed by atoms with E-state index in [4.69, 9.17) is 4.74 Å². The lowest BCUT2D eigenvalue weighted by Gasteiger charge is -2.15. The van der Waals surface area contributed by atoms with Crippen LogP contribution in [-0.2, 0) is 0 Å². The molecule has 0 fully saturated rings. The number of hydrogen-bond acceptors (Lipinski definition) is 2. The van der Waals surface area contributed by atoms with Crippen LogP contribution in [0.3, 0.4) is 0 Å². The quantitative estimate of drug-likeness (QED) is 0.756. The Morgan fingerprint density at radius 3 is 2.56 bits per heavy atom. The summed E-state index contributed by atoms with van der Waals surface area (Å²) in [6, 6.07) is 3.88. The number of halogens is 1. The summed E-state index contributed by atoms with van der Waals surface area (Å²) >= 11 is 3.34. The first kappa shape index (κ1) is 13.5. The highest BCUT2D eigenvalue weighted by atomic mass is 79.9. The number of nitrogens with zero attached hydrogens (tertiary/aromatic N) is 1. The van der Waals surface area contributed by atoms with Crippen molar-refractivity contribution in [3.05, 3.63) is 22.4 Å². The van der Waals surface area contributed by atoms with Crippen molar-refractivity contribution in [3.63, 3.8) is 0 Å². The van der Waals surface area contributed by atoms with Crippen LogP contribution in [0.15, 0.2) is 16.7 Å². The number of hydrogen-bond donors (Lipinski definition) is 0. The molecule has 1 unspecified atom stereocenters. The van der Waals surface area contributed by atoms with Gasteiger partial charge in [0.1, 0.15) is 10.4 Å². The maximum Gasteiger partial charge on any atom is 0.140 e. The van der Waals surface area contributed by atoms with Crippen molar-refractivity contribution < 1.29 is 4.74 Å². The molecule has 1 rings (SSSR count). The van der Waals surface area contributed by atoms with E-state index in [1.165, 1.54) is 6.42 Å². The van der Waals surface area contributed by atoms with Crippen LogP contribution in [0.1, 0.15) is 32.9 Å². The molecule has 90 valence electrons. The summed E-state index contributed by atoms with van der Waals surface area (Å²) in [4.78, 5) is 4.30. The third-order valence-corrected chi connectivity index (χ3v) is 2.84. The van der Waals surface area contributed by atoms with Gasteiger partial charge in [-0.25, -0.2) is 4.98 Å². The van der Waals surface area contributed by atoms with Crippen LogP contribution >= 0.6 is 15.9 Å². The fourth-order valence-electron chi connectivity index (χ4n) is 1.78. The van der Waals surface area contributed by atoms with Gasteiger partial charge in [-0.1, -0.05) is 20.8 Å². The van der Waals surface area contributed by atoms with Crippen LogP contribution in [0.2, 0.25) is 0 Å². The summed E-state index contributed by atoms with van der Waals surface area (Å²) in [6.45, 7) is 9.43. The summed E-state index contributed by atoms with van der Waals surface area (Å²) in [5.41, 5.74) is 0.936. The summed E-state index contributed by atoms with van der Waals surface area (Å²) in [5, 5.41) is 0. The monoisotopic (exact) mass is 285 g/mol. The van der Waals surface area contributed by atoms with E-state index in [1.54, 1.807) is 0 Å². The fraction of sp³-hybridized carbons (Fsp3) is 0.615. The molecule has 1 heterocycles. The molecule has 0 aliphatic carbocycles. The number of rotatable bonds is 5. The molecule has 1 aromatic heterocycles. The van der Waals surface area contributed by atoms with Crippen LogP contribution in [0.5, 0.6) is 5.75 Å². The Hall–Kier alpha value is -0.570. The molecular weight excluding hydrogens is 266 g/mol. The van der Waals surface area contributed by atoms with E-state index in [-0.39, 0.29) is 0 Å². The topological polar surface area (TPSA) is 22.1 Å². The van der Waals surface area contributed by atoms with E-state index in [1.807, 2.05) is 19.1 Å². The smallest absolute Gasteiger partial charge is 0.140 e. The number of ether oxygens (including phenoxy) is 1. The predicted octanol–water partition coefficient (Wildman–Crippen LogP) is 4.21. The Morgan fingerprint density at radius 1 is 1.31 bits per heavy atom. The first-order chi connectivity index (χ1) is 7.49. The molecule has 0 aromatic carbocycles. The summed E-state index contributed by atoms with van der Waals surface area (Å²) in [7, 11) is 0. The molecule has 0 bridgehead atoms. The van der Waals surface area contributed by atoms with Gasteiger partial charge in [-0.2, -0.15) is 0 Å². The van der Waals surface area contributed by atoms with Gasteiger partial charge in [0.2, 0.25) is 0 Å². The molecule has 3 heteroatoms. The zero-order chi connectivity index (χ0) is 12.1. The van der Waals surface area contributed by atoms with Gasteiger partial charge in [0.25, 0.3) is 0 Å².